The molecule has 0 fully saturated rings. The van der Waals surface area contributed by atoms with Crippen molar-refractivity contribution >= 4 is 0 Å². The molecule has 1 rings (SSSR count). The number of aromatic nitrogens is 1. The highest BCUT2D eigenvalue weighted by atomic mass is 19.1. The zero-order chi connectivity index (χ0) is 10.3. The molecule has 3 heteroatoms. The lowest BCUT2D eigenvalue weighted by Crippen LogP contribution is -2.07. The van der Waals surface area contributed by atoms with Crippen molar-refractivity contribution in [1.82, 2.24) is 4.98 Å². The van der Waals surface area contributed by atoms with Gasteiger partial charge in [-0.15, -0.1) is 0 Å². The monoisotopic (exact) mass is 184 g/mol. The highest BCUT2D eigenvalue weighted by molar-refractivity contribution is 5.22. The molecule has 74 valence electrons. The quantitative estimate of drug-likeness (QED) is 0.714. The third-order valence-corrected chi connectivity index (χ3v) is 1.63. The van der Waals surface area contributed by atoms with Crippen LogP contribution in [0.5, 0.6) is 0 Å². The lowest BCUT2D eigenvalue weighted by atomic mass is 10.1. The van der Waals surface area contributed by atoms with E-state index in [1.54, 1.807) is 6.07 Å². The molecule has 0 radical (unpaired) electrons. The molecule has 2 nitrogen and oxygen atoms in total. The van der Waals surface area contributed by atoms with Crippen molar-refractivity contribution in [1.29, 1.82) is 0 Å². The highest BCUT2D eigenvalue weighted by Gasteiger charge is 2.03. The van der Waals surface area contributed by atoms with Gasteiger partial charge in [0.15, 0.2) is 0 Å². The van der Waals surface area contributed by atoms with Gasteiger partial charge >= 0.3 is 0 Å². The van der Waals surface area contributed by atoms with Crippen molar-refractivity contribution < 1.29 is 4.39 Å². The minimum absolute atomic E-state index is 0.393. The lowest BCUT2D eigenvalue weighted by Gasteiger charge is -2.02. The van der Waals surface area contributed by atoms with E-state index in [-0.39, 0.29) is 0 Å². The fraction of sp³-hybridized carbons (Fsp3) is 0.500. The Morgan fingerprint density at radius 2 is 2.08 bits per heavy atom. The van der Waals surface area contributed by atoms with Gasteiger partial charge in [0, 0.05) is 11.8 Å². The van der Waals surface area contributed by atoms with Gasteiger partial charge in [0.05, 0.1) is 0 Å². The van der Waals surface area contributed by atoms with Crippen LogP contribution in [0.1, 0.15) is 25.0 Å². The summed E-state index contributed by atoms with van der Waals surface area (Å²) in [5.74, 6) is -0.393. The number of pyridine rings is 1. The van der Waals surface area contributed by atoms with Crippen LogP contribution in [0.2, 0.25) is 0 Å². The molecule has 0 amide bonds. The minimum atomic E-state index is -0.393. The van der Waals surface area contributed by atoms with E-state index >= 15 is 0 Å². The van der Waals surface area contributed by atoms with E-state index in [1.807, 2.05) is 20.8 Å². The lowest BCUT2D eigenvalue weighted by molar-refractivity contribution is 0.564. The normalized spacial score (nSPS) is 9.00. The van der Waals surface area contributed by atoms with Crippen LogP contribution < -0.4 is 5.73 Å². The summed E-state index contributed by atoms with van der Waals surface area (Å²) in [6, 6.07) is 1.79. The second kappa shape index (κ2) is 6.54. The van der Waals surface area contributed by atoms with Gasteiger partial charge in [-0.1, -0.05) is 13.8 Å². The van der Waals surface area contributed by atoms with Gasteiger partial charge in [-0.3, -0.25) is 0 Å². The Labute approximate surface area is 79.0 Å². The first-order valence-corrected chi connectivity index (χ1v) is 4.55. The van der Waals surface area contributed by atoms with E-state index in [2.05, 4.69) is 4.98 Å². The molecule has 1 aromatic heterocycles. The molecule has 2 N–H and O–H groups in total. The van der Waals surface area contributed by atoms with Crippen molar-refractivity contribution in [2.45, 2.75) is 27.2 Å². The molecule has 0 saturated carbocycles. The summed E-state index contributed by atoms with van der Waals surface area (Å²) in [5.41, 5.74) is 6.86. The standard InChI is InChI=1S/C8H11FN2.C2H6/c1-6-3-5-11-8(9)7(6)2-4-10;1-2/h3,5H,2,4,10H2,1H3;1-2H3. The van der Waals surface area contributed by atoms with E-state index in [0.29, 0.717) is 18.5 Å². The number of aryl methyl sites for hydroxylation is 1. The Hall–Kier alpha value is -0.960. The van der Waals surface area contributed by atoms with Crippen molar-refractivity contribution in [2.24, 2.45) is 5.73 Å². The van der Waals surface area contributed by atoms with Crippen LogP contribution in [-0.2, 0) is 6.42 Å². The summed E-state index contributed by atoms with van der Waals surface area (Å²) in [5, 5.41) is 0. The third kappa shape index (κ3) is 3.51. The number of hydrogen-bond acceptors (Lipinski definition) is 2. The molecule has 0 aliphatic heterocycles. The maximum absolute atomic E-state index is 12.9. The zero-order valence-corrected chi connectivity index (χ0v) is 8.47. The minimum Gasteiger partial charge on any atom is -0.330 e. The second-order valence-electron chi connectivity index (χ2n) is 2.44. The molecule has 0 spiro atoms. The molecule has 0 aliphatic rings. The average molecular weight is 184 g/mol. The summed E-state index contributed by atoms with van der Waals surface area (Å²) in [6.45, 7) is 6.32. The Morgan fingerprint density at radius 1 is 1.46 bits per heavy atom. The van der Waals surface area contributed by atoms with Crippen LogP contribution >= 0.6 is 0 Å². The number of nitrogens with zero attached hydrogens (tertiary/aromatic N) is 1. The van der Waals surface area contributed by atoms with E-state index < -0.39 is 5.95 Å². The molecule has 13 heavy (non-hydrogen) atoms. The van der Waals surface area contributed by atoms with Crippen LogP contribution in [0.3, 0.4) is 0 Å². The predicted molar refractivity (Wildman–Crippen MR) is 53.0 cm³/mol. The topological polar surface area (TPSA) is 38.9 Å². The van der Waals surface area contributed by atoms with Crippen LogP contribution in [0.25, 0.3) is 0 Å². The summed E-state index contributed by atoms with van der Waals surface area (Å²) in [7, 11) is 0. The first-order valence-electron chi connectivity index (χ1n) is 4.55. The number of nitrogens with two attached hydrogens (primary N) is 1. The Balaban J connectivity index is 0.000000671. The fourth-order valence-corrected chi connectivity index (χ4v) is 1.00. The van der Waals surface area contributed by atoms with Crippen LogP contribution in [0.15, 0.2) is 12.3 Å². The number of rotatable bonds is 2. The molecule has 0 aromatic carbocycles. The molecule has 0 unspecified atom stereocenters. The van der Waals surface area contributed by atoms with E-state index in [9.17, 15) is 4.39 Å². The maximum atomic E-state index is 12.9. The first kappa shape index (κ1) is 12.0. The van der Waals surface area contributed by atoms with Gasteiger partial charge < -0.3 is 5.73 Å². The maximum Gasteiger partial charge on any atom is 0.216 e. The van der Waals surface area contributed by atoms with Gasteiger partial charge in [-0.25, -0.2) is 4.98 Å². The van der Waals surface area contributed by atoms with Crippen LogP contribution in [0.4, 0.5) is 4.39 Å². The smallest absolute Gasteiger partial charge is 0.216 e. The summed E-state index contributed by atoms with van der Waals surface area (Å²) < 4.78 is 12.9. The zero-order valence-electron chi connectivity index (χ0n) is 8.47. The molecule has 0 aliphatic carbocycles. The Kier molecular flexibility index (Phi) is 6.06. The molecular formula is C10H17FN2. The summed E-state index contributed by atoms with van der Waals surface area (Å²) >= 11 is 0. The molecule has 0 saturated heterocycles. The Bertz CT molecular complexity index is 228. The van der Waals surface area contributed by atoms with Gasteiger partial charge in [0.25, 0.3) is 0 Å². The van der Waals surface area contributed by atoms with E-state index in [4.69, 9.17) is 5.73 Å². The molecule has 0 bridgehead atoms. The molecule has 1 heterocycles. The Morgan fingerprint density at radius 3 is 2.54 bits per heavy atom. The SMILES string of the molecule is CC.Cc1ccnc(F)c1CCN. The molecule has 0 atom stereocenters. The van der Waals surface area contributed by atoms with Crippen molar-refractivity contribution in [3.05, 3.63) is 29.3 Å². The predicted octanol–water partition coefficient (Wildman–Crippen LogP) is 2.06. The van der Waals surface area contributed by atoms with Crippen molar-refractivity contribution in [3.63, 3.8) is 0 Å². The van der Waals surface area contributed by atoms with Crippen LogP contribution in [0, 0.1) is 12.9 Å². The van der Waals surface area contributed by atoms with Gasteiger partial charge in [-0.05, 0) is 31.5 Å². The van der Waals surface area contributed by atoms with Crippen molar-refractivity contribution in [3.8, 4) is 0 Å². The number of halogens is 1. The average Bonchev–Trinajstić information content (AvgIpc) is 2.15. The first-order chi connectivity index (χ1) is 6.25. The largest absolute Gasteiger partial charge is 0.330 e. The number of hydrogen-bond donors (Lipinski definition) is 1. The van der Waals surface area contributed by atoms with E-state index in [0.717, 1.165) is 5.56 Å². The third-order valence-electron chi connectivity index (χ3n) is 1.63. The summed E-state index contributed by atoms with van der Waals surface area (Å²) in [4.78, 5) is 3.54. The molecular weight excluding hydrogens is 167 g/mol. The van der Waals surface area contributed by atoms with Crippen LogP contribution in [-0.4, -0.2) is 11.5 Å². The fourth-order valence-electron chi connectivity index (χ4n) is 1.00. The highest BCUT2D eigenvalue weighted by Crippen LogP contribution is 2.09. The van der Waals surface area contributed by atoms with Gasteiger partial charge in [0.1, 0.15) is 0 Å². The van der Waals surface area contributed by atoms with Crippen molar-refractivity contribution in [2.75, 3.05) is 6.54 Å². The summed E-state index contributed by atoms with van der Waals surface area (Å²) in [6.07, 6.45) is 2.02. The van der Waals surface area contributed by atoms with E-state index in [1.165, 1.54) is 6.20 Å². The molecule has 1 aromatic rings. The second-order valence-corrected chi connectivity index (χ2v) is 2.44. The van der Waals surface area contributed by atoms with Gasteiger partial charge in [-0.2, -0.15) is 4.39 Å². The van der Waals surface area contributed by atoms with Gasteiger partial charge in [0.2, 0.25) is 5.95 Å².